The molecule has 3 nitrogen and oxygen atoms in total. The molecule has 0 aliphatic carbocycles. The van der Waals surface area contributed by atoms with Gasteiger partial charge in [0, 0.05) is 5.69 Å². The lowest BCUT2D eigenvalue weighted by atomic mass is 9.78. The second-order valence-corrected chi connectivity index (χ2v) is 4.42. The van der Waals surface area contributed by atoms with Gasteiger partial charge in [-0.25, -0.2) is 0 Å². The summed E-state index contributed by atoms with van der Waals surface area (Å²) in [6.07, 6.45) is 1.70. The number of ether oxygens (including phenoxy) is 1. The number of hydrogen-bond acceptors (Lipinski definition) is 3. The Morgan fingerprint density at radius 1 is 1.29 bits per heavy atom. The van der Waals surface area contributed by atoms with Gasteiger partial charge in [-0.15, -0.1) is 0 Å². The molecule has 0 radical (unpaired) electrons. The van der Waals surface area contributed by atoms with E-state index in [1.165, 1.54) is 0 Å². The number of carbonyl (C=O) groups excluding carboxylic acids is 1. The highest BCUT2D eigenvalue weighted by atomic mass is 16.5. The van der Waals surface area contributed by atoms with Gasteiger partial charge in [0.05, 0.1) is 12.0 Å². The van der Waals surface area contributed by atoms with Gasteiger partial charge in [0.1, 0.15) is 0 Å². The molecule has 0 spiro atoms. The molecule has 17 heavy (non-hydrogen) atoms. The molecular weight excluding hydrogens is 214 g/mol. The molecule has 1 atom stereocenters. The molecule has 2 N–H and O–H groups in total. The van der Waals surface area contributed by atoms with Gasteiger partial charge < -0.3 is 10.5 Å². The molecule has 0 saturated heterocycles. The molecule has 1 rings (SSSR count). The van der Waals surface area contributed by atoms with Crippen molar-refractivity contribution in [3.05, 3.63) is 29.8 Å². The first-order valence-electron chi connectivity index (χ1n) is 6.07. The van der Waals surface area contributed by atoms with Crippen LogP contribution in [-0.4, -0.2) is 12.6 Å². The number of anilines is 1. The van der Waals surface area contributed by atoms with Crippen LogP contribution in [0.4, 0.5) is 5.69 Å². The zero-order valence-electron chi connectivity index (χ0n) is 10.8. The van der Waals surface area contributed by atoms with E-state index < -0.39 is 5.41 Å². The van der Waals surface area contributed by atoms with Crippen molar-refractivity contribution in [2.75, 3.05) is 12.3 Å². The van der Waals surface area contributed by atoms with Crippen LogP contribution in [0.15, 0.2) is 24.3 Å². The Kier molecular flexibility index (Phi) is 4.55. The predicted molar refractivity (Wildman–Crippen MR) is 69.7 cm³/mol. The molecule has 0 amide bonds. The number of hydrogen-bond donors (Lipinski definition) is 1. The molecular formula is C14H21NO2. The van der Waals surface area contributed by atoms with E-state index in [-0.39, 0.29) is 5.97 Å². The third-order valence-electron chi connectivity index (χ3n) is 3.02. The van der Waals surface area contributed by atoms with Crippen LogP contribution in [0.5, 0.6) is 0 Å². The summed E-state index contributed by atoms with van der Waals surface area (Å²) >= 11 is 0. The summed E-state index contributed by atoms with van der Waals surface area (Å²) in [4.78, 5) is 12.1. The topological polar surface area (TPSA) is 52.3 Å². The monoisotopic (exact) mass is 235 g/mol. The maximum atomic E-state index is 12.1. The zero-order valence-corrected chi connectivity index (χ0v) is 10.8. The molecule has 0 heterocycles. The van der Waals surface area contributed by atoms with Gasteiger partial charge in [0.2, 0.25) is 0 Å². The van der Waals surface area contributed by atoms with Gasteiger partial charge in [0.25, 0.3) is 0 Å². The highest BCUT2D eigenvalue weighted by molar-refractivity contribution is 5.82. The Hall–Kier alpha value is -1.51. The van der Waals surface area contributed by atoms with Crippen molar-refractivity contribution < 1.29 is 9.53 Å². The van der Waals surface area contributed by atoms with E-state index in [0.29, 0.717) is 12.3 Å². The first-order chi connectivity index (χ1) is 8.04. The average molecular weight is 235 g/mol. The van der Waals surface area contributed by atoms with Crippen LogP contribution in [0.3, 0.4) is 0 Å². The van der Waals surface area contributed by atoms with Crippen molar-refractivity contribution in [3.8, 4) is 0 Å². The van der Waals surface area contributed by atoms with Gasteiger partial charge in [0.15, 0.2) is 0 Å². The SMILES string of the molecule is CCCC(C)(C(=O)OCC)c1ccc(N)cc1. The fourth-order valence-electron chi connectivity index (χ4n) is 2.01. The van der Waals surface area contributed by atoms with Gasteiger partial charge in [-0.3, -0.25) is 4.79 Å². The van der Waals surface area contributed by atoms with Crippen molar-refractivity contribution >= 4 is 11.7 Å². The number of esters is 1. The highest BCUT2D eigenvalue weighted by Crippen LogP contribution is 2.31. The Morgan fingerprint density at radius 3 is 2.35 bits per heavy atom. The van der Waals surface area contributed by atoms with Crippen molar-refractivity contribution in [3.63, 3.8) is 0 Å². The quantitative estimate of drug-likeness (QED) is 0.630. The first-order valence-corrected chi connectivity index (χ1v) is 6.07. The number of nitrogen functional groups attached to an aromatic ring is 1. The van der Waals surface area contributed by atoms with E-state index in [4.69, 9.17) is 10.5 Å². The second kappa shape index (κ2) is 5.71. The van der Waals surface area contributed by atoms with Crippen molar-refractivity contribution in [1.29, 1.82) is 0 Å². The van der Waals surface area contributed by atoms with Crippen molar-refractivity contribution in [2.45, 2.75) is 39.0 Å². The standard InChI is InChI=1S/C14H21NO2/c1-4-10-14(3,13(16)17-5-2)11-6-8-12(15)9-7-11/h6-9H,4-5,10,15H2,1-3H3. The van der Waals surface area contributed by atoms with Gasteiger partial charge >= 0.3 is 5.97 Å². The summed E-state index contributed by atoms with van der Waals surface area (Å²) in [5.74, 6) is -0.161. The largest absolute Gasteiger partial charge is 0.465 e. The molecule has 0 aliphatic rings. The average Bonchev–Trinajstić information content (AvgIpc) is 2.30. The molecule has 1 aromatic carbocycles. The summed E-state index contributed by atoms with van der Waals surface area (Å²) in [5, 5.41) is 0. The molecule has 0 bridgehead atoms. The van der Waals surface area contributed by atoms with E-state index in [1.54, 1.807) is 0 Å². The molecule has 0 aliphatic heterocycles. The van der Waals surface area contributed by atoms with E-state index in [2.05, 4.69) is 6.92 Å². The number of nitrogens with two attached hydrogens (primary N) is 1. The third-order valence-corrected chi connectivity index (χ3v) is 3.02. The van der Waals surface area contributed by atoms with Crippen molar-refractivity contribution in [2.24, 2.45) is 0 Å². The Balaban J connectivity index is 3.06. The minimum absolute atomic E-state index is 0.161. The molecule has 0 saturated carbocycles. The molecule has 0 fully saturated rings. The van der Waals surface area contributed by atoms with E-state index >= 15 is 0 Å². The highest BCUT2D eigenvalue weighted by Gasteiger charge is 2.35. The minimum atomic E-state index is -0.571. The summed E-state index contributed by atoms with van der Waals surface area (Å²) in [6, 6.07) is 7.45. The fraction of sp³-hybridized carbons (Fsp3) is 0.500. The van der Waals surface area contributed by atoms with Gasteiger partial charge in [-0.05, 0) is 38.0 Å². The van der Waals surface area contributed by atoms with E-state index in [1.807, 2.05) is 38.1 Å². The van der Waals surface area contributed by atoms with Gasteiger partial charge in [-0.2, -0.15) is 0 Å². The lowest BCUT2D eigenvalue weighted by Gasteiger charge is -2.27. The third kappa shape index (κ3) is 2.99. The minimum Gasteiger partial charge on any atom is -0.465 e. The smallest absolute Gasteiger partial charge is 0.316 e. The van der Waals surface area contributed by atoms with Crippen LogP contribution < -0.4 is 5.73 Å². The predicted octanol–water partition coefficient (Wildman–Crippen LogP) is 2.89. The van der Waals surface area contributed by atoms with E-state index in [9.17, 15) is 4.79 Å². The maximum absolute atomic E-state index is 12.1. The van der Waals surface area contributed by atoms with E-state index in [0.717, 1.165) is 18.4 Å². The van der Waals surface area contributed by atoms with Crippen LogP contribution >= 0.6 is 0 Å². The number of benzene rings is 1. The van der Waals surface area contributed by atoms with Crippen LogP contribution in [0, 0.1) is 0 Å². The Bertz CT molecular complexity index is 372. The normalized spacial score (nSPS) is 14.1. The maximum Gasteiger partial charge on any atom is 0.316 e. The van der Waals surface area contributed by atoms with Crippen LogP contribution in [0.2, 0.25) is 0 Å². The number of rotatable bonds is 5. The lowest BCUT2D eigenvalue weighted by molar-refractivity contribution is -0.149. The second-order valence-electron chi connectivity index (χ2n) is 4.42. The van der Waals surface area contributed by atoms with Gasteiger partial charge in [-0.1, -0.05) is 25.5 Å². The molecule has 0 aromatic heterocycles. The summed E-state index contributed by atoms with van der Waals surface area (Å²) < 4.78 is 5.17. The zero-order chi connectivity index (χ0) is 12.9. The number of carbonyl (C=O) groups is 1. The van der Waals surface area contributed by atoms with Crippen LogP contribution in [0.25, 0.3) is 0 Å². The van der Waals surface area contributed by atoms with Crippen LogP contribution in [0.1, 0.15) is 39.2 Å². The summed E-state index contributed by atoms with van der Waals surface area (Å²) in [7, 11) is 0. The molecule has 94 valence electrons. The molecule has 1 aromatic rings. The van der Waals surface area contributed by atoms with Crippen LogP contribution in [-0.2, 0) is 14.9 Å². The Morgan fingerprint density at radius 2 is 1.88 bits per heavy atom. The fourth-order valence-corrected chi connectivity index (χ4v) is 2.01. The summed E-state index contributed by atoms with van der Waals surface area (Å²) in [6.45, 7) is 6.23. The lowest BCUT2D eigenvalue weighted by Crippen LogP contribution is -2.34. The molecule has 3 heteroatoms. The van der Waals surface area contributed by atoms with Crippen molar-refractivity contribution in [1.82, 2.24) is 0 Å². The summed E-state index contributed by atoms with van der Waals surface area (Å²) in [5.41, 5.74) is 6.76. The Labute approximate surface area is 103 Å². The first kappa shape index (κ1) is 13.6. The molecule has 1 unspecified atom stereocenters.